The summed E-state index contributed by atoms with van der Waals surface area (Å²) in [5.41, 5.74) is -0.645. The van der Waals surface area contributed by atoms with Crippen LogP contribution in [-0.4, -0.2) is 30.8 Å². The zero-order chi connectivity index (χ0) is 14.7. The lowest BCUT2D eigenvalue weighted by molar-refractivity contribution is -0.158. The van der Waals surface area contributed by atoms with E-state index in [2.05, 4.69) is 18.7 Å². The van der Waals surface area contributed by atoms with E-state index >= 15 is 0 Å². The summed E-state index contributed by atoms with van der Waals surface area (Å²) in [7, 11) is 0. The van der Waals surface area contributed by atoms with Crippen molar-refractivity contribution in [3.05, 3.63) is 11.4 Å². The second-order valence-corrected chi connectivity index (χ2v) is 6.21. The molecule has 1 aliphatic rings. The monoisotopic (exact) mass is 267 g/mol. The molecule has 0 amide bonds. The highest BCUT2D eigenvalue weighted by atomic mass is 16.5. The first-order valence-corrected chi connectivity index (χ1v) is 6.96. The average Bonchev–Trinajstić information content (AvgIpc) is 2.28. The Morgan fingerprint density at radius 1 is 1.47 bits per heavy atom. The van der Waals surface area contributed by atoms with Gasteiger partial charge in [-0.3, -0.25) is 0 Å². The van der Waals surface area contributed by atoms with Crippen LogP contribution in [0.2, 0.25) is 0 Å². The molecule has 0 spiro atoms. The first-order chi connectivity index (χ1) is 8.79. The van der Waals surface area contributed by atoms with Gasteiger partial charge in [-0.25, -0.2) is 11.4 Å². The van der Waals surface area contributed by atoms with Crippen LogP contribution in [-0.2, 0) is 14.3 Å². The number of hydrogen-bond acceptors (Lipinski definition) is 3. The molecule has 19 heavy (non-hydrogen) atoms. The lowest BCUT2D eigenvalue weighted by atomic mass is 9.62. The molecule has 0 saturated carbocycles. The molecule has 0 radical (unpaired) electrons. The van der Waals surface area contributed by atoms with Crippen molar-refractivity contribution in [3.8, 4) is 0 Å². The fraction of sp³-hybridized carbons (Fsp3) is 0.867. The zero-order valence-corrected chi connectivity index (χ0v) is 12.7. The molecule has 1 saturated heterocycles. The predicted molar refractivity (Wildman–Crippen MR) is 73.6 cm³/mol. The van der Waals surface area contributed by atoms with Gasteiger partial charge >= 0.3 is 12.0 Å². The van der Waals surface area contributed by atoms with E-state index in [0.29, 0.717) is 19.6 Å². The predicted octanol–water partition coefficient (Wildman–Crippen LogP) is 3.07. The summed E-state index contributed by atoms with van der Waals surface area (Å²) in [4.78, 5) is 15.7. The Morgan fingerprint density at radius 2 is 2.11 bits per heavy atom. The number of nitrogens with zero attached hydrogens (tertiary/aromatic N) is 1. The first kappa shape index (κ1) is 16.0. The van der Waals surface area contributed by atoms with Gasteiger partial charge in [0.05, 0.1) is 17.6 Å². The van der Waals surface area contributed by atoms with E-state index in [1.54, 1.807) is 6.92 Å². The quantitative estimate of drug-likeness (QED) is 0.580. The summed E-state index contributed by atoms with van der Waals surface area (Å²) in [5.74, 6) is -0.150. The first-order valence-electron chi connectivity index (χ1n) is 6.96. The van der Waals surface area contributed by atoms with Crippen molar-refractivity contribution in [2.45, 2.75) is 59.1 Å². The van der Waals surface area contributed by atoms with E-state index in [9.17, 15) is 4.79 Å². The van der Waals surface area contributed by atoms with E-state index in [4.69, 9.17) is 16.0 Å². The van der Waals surface area contributed by atoms with Crippen LogP contribution in [0.1, 0.15) is 47.5 Å². The molecule has 0 aromatic carbocycles. The number of esters is 1. The lowest BCUT2D eigenvalue weighted by Crippen LogP contribution is -2.52. The van der Waals surface area contributed by atoms with Crippen LogP contribution in [0.5, 0.6) is 0 Å². The van der Waals surface area contributed by atoms with Crippen molar-refractivity contribution in [3.63, 3.8) is 0 Å². The van der Waals surface area contributed by atoms with Crippen molar-refractivity contribution < 1.29 is 14.3 Å². The summed E-state index contributed by atoms with van der Waals surface area (Å²) in [5, 5.41) is 0. The maximum Gasteiger partial charge on any atom is 0.390 e. The van der Waals surface area contributed by atoms with Crippen molar-refractivity contribution in [1.82, 2.24) is 0 Å². The van der Waals surface area contributed by atoms with Gasteiger partial charge in [0.25, 0.3) is 0 Å². The van der Waals surface area contributed by atoms with Crippen LogP contribution in [0.15, 0.2) is 0 Å². The number of carbonyl (C=O) groups excluding carboxylic acids is 1. The summed E-state index contributed by atoms with van der Waals surface area (Å²) >= 11 is 0. The van der Waals surface area contributed by atoms with E-state index in [1.807, 2.05) is 13.8 Å². The Balaban J connectivity index is 3.11. The van der Waals surface area contributed by atoms with Gasteiger partial charge in [-0.1, -0.05) is 13.8 Å². The minimum atomic E-state index is -0.726. The summed E-state index contributed by atoms with van der Waals surface area (Å²) in [6, 6.07) is -0.726. The highest BCUT2D eigenvalue weighted by Crippen LogP contribution is 2.48. The minimum absolute atomic E-state index is 0.235. The third kappa shape index (κ3) is 3.27. The topological polar surface area (TPSA) is 39.9 Å². The Kier molecular flexibility index (Phi) is 4.98. The Labute approximate surface area is 116 Å². The molecule has 4 heteroatoms. The van der Waals surface area contributed by atoms with Gasteiger partial charge in [-0.05, 0) is 39.5 Å². The molecule has 0 aromatic rings. The lowest BCUT2D eigenvalue weighted by Gasteiger charge is -2.46. The van der Waals surface area contributed by atoms with Crippen LogP contribution in [0.25, 0.3) is 4.85 Å². The molecule has 4 nitrogen and oxygen atoms in total. The maximum absolute atomic E-state index is 12.1. The zero-order valence-electron chi connectivity index (χ0n) is 12.7. The average molecular weight is 267 g/mol. The van der Waals surface area contributed by atoms with E-state index < -0.39 is 6.04 Å². The van der Waals surface area contributed by atoms with Gasteiger partial charge in [0.15, 0.2) is 0 Å². The van der Waals surface area contributed by atoms with Crippen molar-refractivity contribution >= 4 is 5.97 Å². The van der Waals surface area contributed by atoms with Gasteiger partial charge in [-0.15, -0.1) is 0 Å². The van der Waals surface area contributed by atoms with Crippen molar-refractivity contribution in [1.29, 1.82) is 0 Å². The third-order valence-electron chi connectivity index (χ3n) is 4.15. The van der Waals surface area contributed by atoms with Gasteiger partial charge < -0.3 is 14.3 Å². The van der Waals surface area contributed by atoms with Gasteiger partial charge in [-0.2, -0.15) is 0 Å². The molecule has 1 fully saturated rings. The summed E-state index contributed by atoms with van der Waals surface area (Å²) in [6.45, 7) is 18.3. The highest BCUT2D eigenvalue weighted by Gasteiger charge is 2.55. The van der Waals surface area contributed by atoms with E-state index in [-0.39, 0.29) is 22.9 Å². The molecule has 0 aromatic heterocycles. The fourth-order valence-corrected chi connectivity index (χ4v) is 3.13. The highest BCUT2D eigenvalue weighted by molar-refractivity contribution is 5.79. The molecule has 0 aliphatic carbocycles. The normalized spacial score (nSPS) is 27.6. The number of rotatable bonds is 4. The van der Waals surface area contributed by atoms with Crippen molar-refractivity contribution in [2.75, 3.05) is 13.2 Å². The van der Waals surface area contributed by atoms with Crippen LogP contribution in [0.4, 0.5) is 0 Å². The number of carbonyl (C=O) groups is 1. The number of ether oxygens (including phenoxy) is 2. The minimum Gasteiger partial charge on any atom is -0.460 e. The molecular formula is C15H25NO3. The Bertz CT molecular complexity index is 370. The molecule has 1 rings (SSSR count). The molecule has 2 unspecified atom stereocenters. The molecule has 1 aliphatic heterocycles. The Morgan fingerprint density at radius 3 is 2.53 bits per heavy atom. The van der Waals surface area contributed by atoms with Crippen molar-refractivity contribution in [2.24, 2.45) is 11.3 Å². The van der Waals surface area contributed by atoms with Gasteiger partial charge in [0.1, 0.15) is 0 Å². The standard InChI is InChI=1S/C15H25NO3/c1-7-18-13(17)12(16-6)15(11(2)3)8-9-19-14(4,5)10-15/h11-12H,7-10H2,1-5H3. The molecule has 108 valence electrons. The second-order valence-electron chi connectivity index (χ2n) is 6.21. The summed E-state index contributed by atoms with van der Waals surface area (Å²) in [6.07, 6.45) is 1.45. The van der Waals surface area contributed by atoms with Gasteiger partial charge in [0.2, 0.25) is 0 Å². The molecule has 1 heterocycles. The maximum atomic E-state index is 12.1. The van der Waals surface area contributed by atoms with Crippen LogP contribution in [0.3, 0.4) is 0 Å². The van der Waals surface area contributed by atoms with Gasteiger partial charge in [0, 0.05) is 6.61 Å². The van der Waals surface area contributed by atoms with E-state index in [0.717, 1.165) is 6.42 Å². The number of hydrogen-bond donors (Lipinski definition) is 0. The van der Waals surface area contributed by atoms with Crippen LogP contribution >= 0.6 is 0 Å². The second kappa shape index (κ2) is 5.92. The van der Waals surface area contributed by atoms with E-state index in [1.165, 1.54) is 0 Å². The molecular weight excluding hydrogens is 242 g/mol. The Hall–Kier alpha value is -1.08. The molecule has 0 bridgehead atoms. The van der Waals surface area contributed by atoms with Crippen LogP contribution in [0, 0.1) is 17.9 Å². The largest absolute Gasteiger partial charge is 0.460 e. The third-order valence-corrected chi connectivity index (χ3v) is 4.15. The molecule has 0 N–H and O–H groups in total. The van der Waals surface area contributed by atoms with Crippen LogP contribution < -0.4 is 0 Å². The molecule has 2 atom stereocenters. The smallest absolute Gasteiger partial charge is 0.390 e. The SMILES string of the molecule is [C-]#[N+]C(C(=O)OCC)C1(C(C)C)CCOC(C)(C)C1. The fourth-order valence-electron chi connectivity index (χ4n) is 3.13. The summed E-state index contributed by atoms with van der Waals surface area (Å²) < 4.78 is 10.8.